The number of amidine groups is 1. The van der Waals surface area contributed by atoms with Crippen molar-refractivity contribution in [2.75, 3.05) is 0 Å². The Labute approximate surface area is 146 Å². The molecule has 118 valence electrons. The first-order valence-corrected chi connectivity index (χ1v) is 8.96. The van der Waals surface area contributed by atoms with Crippen LogP contribution in [0.5, 0.6) is 0 Å². The molecule has 1 N–H and O–H groups in total. The van der Waals surface area contributed by atoms with Gasteiger partial charge in [-0.05, 0) is 47.0 Å². The molecule has 0 saturated carbocycles. The van der Waals surface area contributed by atoms with E-state index in [0.717, 1.165) is 16.5 Å². The molecule has 3 aromatic rings. The van der Waals surface area contributed by atoms with Gasteiger partial charge in [0.2, 0.25) is 0 Å². The van der Waals surface area contributed by atoms with Crippen molar-refractivity contribution in [3.05, 3.63) is 63.6 Å². The highest BCUT2D eigenvalue weighted by atomic mass is 32.2. The Morgan fingerprint density at radius 3 is 3.08 bits per heavy atom. The summed E-state index contributed by atoms with van der Waals surface area (Å²) in [7, 11) is 0. The van der Waals surface area contributed by atoms with Crippen LogP contribution in [0.25, 0.3) is 17.0 Å². The van der Waals surface area contributed by atoms with Gasteiger partial charge in [0, 0.05) is 16.5 Å². The predicted octanol–water partition coefficient (Wildman–Crippen LogP) is 3.45. The quantitative estimate of drug-likeness (QED) is 0.731. The second kappa shape index (κ2) is 6.54. The molecule has 0 saturated heterocycles. The molecule has 7 heteroatoms. The highest BCUT2D eigenvalue weighted by Gasteiger charge is 2.21. The number of benzene rings is 1. The van der Waals surface area contributed by atoms with E-state index in [4.69, 9.17) is 0 Å². The zero-order valence-corrected chi connectivity index (χ0v) is 14.1. The van der Waals surface area contributed by atoms with E-state index in [1.807, 2.05) is 41.8 Å². The molecule has 5 nitrogen and oxygen atoms in total. The molecule has 0 spiro atoms. The molecule has 0 unspecified atom stereocenters. The van der Waals surface area contributed by atoms with Crippen LogP contribution in [0.15, 0.2) is 58.1 Å². The van der Waals surface area contributed by atoms with Crippen molar-refractivity contribution in [3.8, 4) is 0 Å². The number of aliphatic imine (C=N–C) groups is 1. The first-order valence-electron chi connectivity index (χ1n) is 7.26. The lowest BCUT2D eigenvalue weighted by Crippen LogP contribution is -2.17. The summed E-state index contributed by atoms with van der Waals surface area (Å²) in [5.74, 6) is -0.210. The minimum atomic E-state index is -0.210. The molecule has 1 aliphatic rings. The van der Waals surface area contributed by atoms with E-state index < -0.39 is 0 Å². The Kier molecular flexibility index (Phi) is 4.10. The second-order valence-corrected chi connectivity index (χ2v) is 7.17. The van der Waals surface area contributed by atoms with E-state index >= 15 is 0 Å². The first kappa shape index (κ1) is 15.0. The fraction of sp³-hybridized carbons (Fsp3) is 0.0588. The van der Waals surface area contributed by atoms with Crippen LogP contribution >= 0.6 is 23.1 Å². The van der Waals surface area contributed by atoms with Gasteiger partial charge in [0.25, 0.3) is 5.91 Å². The molecule has 1 amide bonds. The molecular formula is C17H12N4OS2. The molecule has 24 heavy (non-hydrogen) atoms. The molecule has 0 bridgehead atoms. The van der Waals surface area contributed by atoms with Crippen molar-refractivity contribution in [3.63, 3.8) is 0 Å². The summed E-state index contributed by atoms with van der Waals surface area (Å²) in [4.78, 5) is 26.2. The van der Waals surface area contributed by atoms with Crippen LogP contribution in [-0.4, -0.2) is 21.0 Å². The molecule has 1 aliphatic heterocycles. The van der Waals surface area contributed by atoms with Crippen LogP contribution in [0.1, 0.15) is 10.4 Å². The lowest BCUT2D eigenvalue weighted by Gasteiger charge is -2.02. The fourth-order valence-electron chi connectivity index (χ4n) is 2.30. The van der Waals surface area contributed by atoms with Crippen LogP contribution < -0.4 is 5.32 Å². The van der Waals surface area contributed by atoms with Crippen molar-refractivity contribution >= 4 is 51.2 Å². The summed E-state index contributed by atoms with van der Waals surface area (Å²) >= 11 is 3.04. The van der Waals surface area contributed by atoms with Crippen molar-refractivity contribution in [2.24, 2.45) is 4.99 Å². The van der Waals surface area contributed by atoms with Crippen LogP contribution in [0.4, 0.5) is 0 Å². The van der Waals surface area contributed by atoms with Crippen LogP contribution in [0.2, 0.25) is 0 Å². The monoisotopic (exact) mass is 352 g/mol. The Balaban J connectivity index is 1.49. The summed E-state index contributed by atoms with van der Waals surface area (Å²) in [6.07, 6.45) is 5.14. The van der Waals surface area contributed by atoms with Crippen molar-refractivity contribution < 1.29 is 4.79 Å². The zero-order chi connectivity index (χ0) is 16.4. The van der Waals surface area contributed by atoms with E-state index in [1.165, 1.54) is 23.0 Å². The maximum Gasteiger partial charge on any atom is 0.286 e. The third-order valence-electron chi connectivity index (χ3n) is 3.44. The largest absolute Gasteiger partial charge is 0.359 e. The highest BCUT2D eigenvalue weighted by Crippen LogP contribution is 2.28. The molecule has 4 rings (SSSR count). The number of rotatable bonds is 3. The standard InChI is InChI=1S/C17H12N4OS2/c22-16-15(24-17(21-16)19-9-13-2-1-5-23-13)7-11-3-4-14-12(6-11)8-18-10-20-14/h1-8,10H,9H2,(H,19,21,22). The second-order valence-electron chi connectivity index (χ2n) is 5.11. The van der Waals surface area contributed by atoms with E-state index in [1.54, 1.807) is 17.5 Å². The number of aromatic nitrogens is 2. The number of fused-ring (bicyclic) bond motifs is 1. The van der Waals surface area contributed by atoms with E-state index in [0.29, 0.717) is 16.6 Å². The molecule has 0 fully saturated rings. The van der Waals surface area contributed by atoms with Crippen molar-refractivity contribution in [2.45, 2.75) is 6.54 Å². The smallest absolute Gasteiger partial charge is 0.286 e. The summed E-state index contributed by atoms with van der Waals surface area (Å²) in [5, 5.41) is 6.82. The minimum Gasteiger partial charge on any atom is -0.359 e. The number of hydrogen-bond donors (Lipinski definition) is 1. The first-order chi connectivity index (χ1) is 11.8. The third-order valence-corrected chi connectivity index (χ3v) is 5.26. The lowest BCUT2D eigenvalue weighted by molar-refractivity contribution is -0.113. The molecule has 2 aromatic heterocycles. The van der Waals surface area contributed by atoms with Gasteiger partial charge in [0.15, 0.2) is 5.17 Å². The van der Waals surface area contributed by atoms with Gasteiger partial charge in [0.1, 0.15) is 6.33 Å². The molecule has 0 atom stereocenters. The fourth-order valence-corrected chi connectivity index (χ4v) is 3.76. The number of amides is 1. The van der Waals surface area contributed by atoms with Gasteiger partial charge >= 0.3 is 0 Å². The number of thiophene rings is 1. The summed E-state index contributed by atoms with van der Waals surface area (Å²) in [5.41, 5.74) is 1.81. The summed E-state index contributed by atoms with van der Waals surface area (Å²) < 4.78 is 0. The third kappa shape index (κ3) is 3.22. The number of thioether (sulfide) groups is 1. The van der Waals surface area contributed by atoms with Gasteiger partial charge in [-0.15, -0.1) is 11.3 Å². The molecule has 1 aromatic carbocycles. The number of carbonyl (C=O) groups is 1. The van der Waals surface area contributed by atoms with Crippen LogP contribution in [-0.2, 0) is 11.3 Å². The predicted molar refractivity (Wildman–Crippen MR) is 98.7 cm³/mol. The van der Waals surface area contributed by atoms with Gasteiger partial charge in [-0.1, -0.05) is 12.1 Å². The van der Waals surface area contributed by atoms with Crippen LogP contribution in [0.3, 0.4) is 0 Å². The molecule has 0 aliphatic carbocycles. The van der Waals surface area contributed by atoms with Gasteiger partial charge in [-0.3, -0.25) is 4.79 Å². The maximum absolute atomic E-state index is 12.1. The van der Waals surface area contributed by atoms with Gasteiger partial charge < -0.3 is 5.32 Å². The van der Waals surface area contributed by atoms with Gasteiger partial charge in [-0.2, -0.15) is 4.99 Å². The van der Waals surface area contributed by atoms with Gasteiger partial charge in [0.05, 0.1) is 17.0 Å². The Hall–Kier alpha value is -2.51. The minimum absolute atomic E-state index is 0.210. The van der Waals surface area contributed by atoms with Gasteiger partial charge in [-0.25, -0.2) is 9.97 Å². The number of nitrogens with one attached hydrogen (secondary N) is 1. The summed E-state index contributed by atoms with van der Waals surface area (Å²) in [6, 6.07) is 9.88. The highest BCUT2D eigenvalue weighted by molar-refractivity contribution is 8.18. The SMILES string of the molecule is O=C1N=C(NCc2cccs2)SC1=Cc1ccc2ncncc2c1. The van der Waals surface area contributed by atoms with Crippen LogP contribution in [0, 0.1) is 0 Å². The Bertz CT molecular complexity index is 964. The molecular weight excluding hydrogens is 340 g/mol. The van der Waals surface area contributed by atoms with Crippen molar-refractivity contribution in [1.29, 1.82) is 0 Å². The summed E-state index contributed by atoms with van der Waals surface area (Å²) in [6.45, 7) is 0.678. The maximum atomic E-state index is 12.1. The number of nitrogens with zero attached hydrogens (tertiary/aromatic N) is 3. The Morgan fingerprint density at radius 2 is 2.21 bits per heavy atom. The number of carbonyl (C=O) groups excluding carboxylic acids is 1. The molecule has 0 radical (unpaired) electrons. The average molecular weight is 352 g/mol. The van der Waals surface area contributed by atoms with E-state index in [9.17, 15) is 4.79 Å². The topological polar surface area (TPSA) is 67.2 Å². The number of hydrogen-bond acceptors (Lipinski definition) is 6. The van der Waals surface area contributed by atoms with Crippen molar-refractivity contribution in [1.82, 2.24) is 15.3 Å². The average Bonchev–Trinajstić information content (AvgIpc) is 3.23. The Morgan fingerprint density at radius 1 is 1.25 bits per heavy atom. The molecule has 3 heterocycles. The zero-order valence-electron chi connectivity index (χ0n) is 12.5. The lowest BCUT2D eigenvalue weighted by atomic mass is 10.1. The van der Waals surface area contributed by atoms with E-state index in [-0.39, 0.29) is 5.91 Å². The van der Waals surface area contributed by atoms with E-state index in [2.05, 4.69) is 20.3 Å². The normalized spacial score (nSPS) is 15.9.